The van der Waals surface area contributed by atoms with Gasteiger partial charge in [-0.3, -0.25) is 4.79 Å². The van der Waals surface area contributed by atoms with E-state index in [9.17, 15) is 4.79 Å². The quantitative estimate of drug-likeness (QED) is 0.753. The minimum Gasteiger partial charge on any atom is -0.349 e. The predicted octanol–water partition coefficient (Wildman–Crippen LogP) is 2.14. The minimum atomic E-state index is -0.465. The van der Waals surface area contributed by atoms with Gasteiger partial charge in [-0.1, -0.05) is 30.3 Å². The van der Waals surface area contributed by atoms with Crippen LogP contribution in [0.3, 0.4) is 0 Å². The lowest BCUT2D eigenvalue weighted by molar-refractivity contribution is -0.124. The smallest absolute Gasteiger partial charge is 0.245 e. The zero-order valence-corrected chi connectivity index (χ0v) is 13.5. The Bertz CT molecular complexity index is 754. The van der Waals surface area contributed by atoms with Crippen molar-refractivity contribution in [2.24, 2.45) is 0 Å². The van der Waals surface area contributed by atoms with Crippen molar-refractivity contribution in [3.05, 3.63) is 64.1 Å². The van der Waals surface area contributed by atoms with Crippen LogP contribution >= 0.6 is 11.3 Å². The molecule has 1 aromatic carbocycles. The second-order valence-electron chi connectivity index (χ2n) is 5.24. The highest BCUT2D eigenvalue weighted by atomic mass is 32.1. The molecule has 1 N–H and O–H groups in total. The summed E-state index contributed by atoms with van der Waals surface area (Å²) in [6.45, 7) is 2.57. The molecular formula is C16H17N5OS. The molecule has 6 nitrogen and oxygen atoms in total. The molecule has 0 unspecified atom stereocenters. The molecule has 118 valence electrons. The maximum atomic E-state index is 12.6. The molecule has 0 spiro atoms. The summed E-state index contributed by atoms with van der Waals surface area (Å²) in [4.78, 5) is 13.8. The fourth-order valence-corrected chi connectivity index (χ4v) is 3.17. The zero-order chi connectivity index (χ0) is 16.1. The van der Waals surface area contributed by atoms with Gasteiger partial charge in [0.15, 0.2) is 0 Å². The lowest BCUT2D eigenvalue weighted by atomic mass is 10.1. The van der Waals surface area contributed by atoms with Crippen LogP contribution in [-0.4, -0.2) is 26.1 Å². The number of nitrogens with zero attached hydrogens (tertiary/aromatic N) is 4. The molecule has 0 aliphatic rings. The van der Waals surface area contributed by atoms with E-state index in [0.717, 1.165) is 10.4 Å². The average molecular weight is 327 g/mol. The Morgan fingerprint density at radius 3 is 2.78 bits per heavy atom. The Balaban J connectivity index is 1.72. The number of aromatic nitrogens is 4. The third kappa shape index (κ3) is 3.81. The van der Waals surface area contributed by atoms with Crippen LogP contribution in [0.2, 0.25) is 0 Å². The van der Waals surface area contributed by atoms with E-state index in [-0.39, 0.29) is 5.91 Å². The van der Waals surface area contributed by atoms with Crippen molar-refractivity contribution in [3.8, 4) is 0 Å². The first-order valence-electron chi connectivity index (χ1n) is 7.31. The highest BCUT2D eigenvalue weighted by molar-refractivity contribution is 7.10. The standard InChI is InChI=1S/C16H17N5OS/c1-12-7-8-23-15(12)10-17-16(22)14(21-11-18-19-20-21)9-13-5-3-2-4-6-13/h2-8,11,14H,9-10H2,1H3,(H,17,22)/t14-/m1/s1. The molecule has 3 aromatic rings. The van der Waals surface area contributed by atoms with Gasteiger partial charge in [-0.25, -0.2) is 4.68 Å². The Labute approximate surface area is 138 Å². The van der Waals surface area contributed by atoms with Crippen LogP contribution in [0.1, 0.15) is 22.0 Å². The normalized spacial score (nSPS) is 12.0. The van der Waals surface area contributed by atoms with E-state index in [1.54, 1.807) is 11.3 Å². The average Bonchev–Trinajstić information content (AvgIpc) is 3.23. The Kier molecular flexibility index (Phi) is 4.77. The van der Waals surface area contributed by atoms with E-state index >= 15 is 0 Å². The van der Waals surface area contributed by atoms with Gasteiger partial charge in [0.25, 0.3) is 0 Å². The maximum absolute atomic E-state index is 12.6. The summed E-state index contributed by atoms with van der Waals surface area (Å²) in [5, 5.41) is 16.2. The number of carbonyl (C=O) groups is 1. The lowest BCUT2D eigenvalue weighted by Crippen LogP contribution is -2.33. The van der Waals surface area contributed by atoms with Gasteiger partial charge >= 0.3 is 0 Å². The summed E-state index contributed by atoms with van der Waals surface area (Å²) in [6, 6.07) is 11.4. The molecule has 0 aliphatic carbocycles. The highest BCUT2D eigenvalue weighted by Gasteiger charge is 2.22. The number of hydrogen-bond acceptors (Lipinski definition) is 5. The van der Waals surface area contributed by atoms with Gasteiger partial charge in [-0.15, -0.1) is 16.4 Å². The summed E-state index contributed by atoms with van der Waals surface area (Å²) in [7, 11) is 0. The number of benzene rings is 1. The third-order valence-corrected chi connectivity index (χ3v) is 4.67. The molecule has 3 rings (SSSR count). The summed E-state index contributed by atoms with van der Waals surface area (Å²) in [5.41, 5.74) is 2.26. The van der Waals surface area contributed by atoms with Gasteiger partial charge in [0.2, 0.25) is 5.91 Å². The van der Waals surface area contributed by atoms with Gasteiger partial charge in [-0.2, -0.15) is 0 Å². The molecule has 7 heteroatoms. The van der Waals surface area contributed by atoms with Crippen LogP contribution in [0.25, 0.3) is 0 Å². The van der Waals surface area contributed by atoms with E-state index in [4.69, 9.17) is 0 Å². The van der Waals surface area contributed by atoms with Gasteiger partial charge < -0.3 is 5.32 Å². The first-order valence-corrected chi connectivity index (χ1v) is 8.19. The molecule has 1 atom stereocenters. The Hall–Kier alpha value is -2.54. The molecule has 0 radical (unpaired) electrons. The summed E-state index contributed by atoms with van der Waals surface area (Å²) in [6.07, 6.45) is 2.02. The number of aryl methyl sites for hydroxylation is 1. The van der Waals surface area contributed by atoms with Crippen LogP contribution in [0, 0.1) is 6.92 Å². The molecule has 0 bridgehead atoms. The molecule has 2 aromatic heterocycles. The van der Waals surface area contributed by atoms with Crippen molar-refractivity contribution in [1.29, 1.82) is 0 Å². The Morgan fingerprint density at radius 1 is 1.30 bits per heavy atom. The number of rotatable bonds is 6. The number of nitrogens with one attached hydrogen (secondary N) is 1. The molecule has 0 aliphatic heterocycles. The summed E-state index contributed by atoms with van der Waals surface area (Å²) >= 11 is 1.64. The number of hydrogen-bond donors (Lipinski definition) is 1. The van der Waals surface area contributed by atoms with E-state index < -0.39 is 6.04 Å². The van der Waals surface area contributed by atoms with Gasteiger partial charge in [-0.05, 0) is 39.9 Å². The van der Waals surface area contributed by atoms with Crippen LogP contribution in [0.15, 0.2) is 48.1 Å². The third-order valence-electron chi connectivity index (χ3n) is 3.65. The molecule has 0 saturated carbocycles. The molecule has 2 heterocycles. The van der Waals surface area contributed by atoms with Gasteiger partial charge in [0.05, 0.1) is 6.54 Å². The van der Waals surface area contributed by atoms with Crippen LogP contribution in [0.5, 0.6) is 0 Å². The SMILES string of the molecule is Cc1ccsc1CNC(=O)[C@@H](Cc1ccccc1)n1cnnn1. The van der Waals surface area contributed by atoms with E-state index in [1.807, 2.05) is 42.6 Å². The van der Waals surface area contributed by atoms with Gasteiger partial charge in [0.1, 0.15) is 12.4 Å². The number of carbonyl (C=O) groups excluding carboxylic acids is 1. The number of tetrazole rings is 1. The minimum absolute atomic E-state index is 0.0889. The molecule has 0 saturated heterocycles. The lowest BCUT2D eigenvalue weighted by Gasteiger charge is -2.16. The van der Waals surface area contributed by atoms with E-state index in [2.05, 4.69) is 26.9 Å². The van der Waals surface area contributed by atoms with Crippen molar-refractivity contribution in [2.75, 3.05) is 0 Å². The Morgan fingerprint density at radius 2 is 2.13 bits per heavy atom. The number of thiophene rings is 1. The van der Waals surface area contributed by atoms with Crippen LogP contribution in [-0.2, 0) is 17.8 Å². The van der Waals surface area contributed by atoms with Crippen LogP contribution < -0.4 is 5.32 Å². The maximum Gasteiger partial charge on any atom is 0.245 e. The monoisotopic (exact) mass is 327 g/mol. The second-order valence-corrected chi connectivity index (χ2v) is 6.24. The van der Waals surface area contributed by atoms with Gasteiger partial charge in [0, 0.05) is 11.3 Å². The second kappa shape index (κ2) is 7.15. The summed E-state index contributed by atoms with van der Waals surface area (Å²) < 4.78 is 1.50. The van der Waals surface area contributed by atoms with Crippen molar-refractivity contribution >= 4 is 17.2 Å². The van der Waals surface area contributed by atoms with Crippen molar-refractivity contribution in [1.82, 2.24) is 25.5 Å². The molecular weight excluding hydrogens is 310 g/mol. The predicted molar refractivity (Wildman–Crippen MR) is 87.9 cm³/mol. The number of amides is 1. The van der Waals surface area contributed by atoms with Crippen molar-refractivity contribution in [2.45, 2.75) is 25.9 Å². The van der Waals surface area contributed by atoms with E-state index in [0.29, 0.717) is 13.0 Å². The topological polar surface area (TPSA) is 72.7 Å². The fourth-order valence-electron chi connectivity index (χ4n) is 2.33. The van der Waals surface area contributed by atoms with E-state index in [1.165, 1.54) is 16.6 Å². The van der Waals surface area contributed by atoms with Crippen LogP contribution in [0.4, 0.5) is 0 Å². The largest absolute Gasteiger partial charge is 0.349 e. The van der Waals surface area contributed by atoms with Crippen molar-refractivity contribution in [3.63, 3.8) is 0 Å². The van der Waals surface area contributed by atoms with Crippen molar-refractivity contribution < 1.29 is 4.79 Å². The highest BCUT2D eigenvalue weighted by Crippen LogP contribution is 2.17. The summed E-state index contributed by atoms with van der Waals surface area (Å²) in [5.74, 6) is -0.0889. The molecule has 23 heavy (non-hydrogen) atoms. The molecule has 0 fully saturated rings. The zero-order valence-electron chi connectivity index (χ0n) is 12.7. The fraction of sp³-hybridized carbons (Fsp3) is 0.250. The first-order chi connectivity index (χ1) is 11.2. The molecule has 1 amide bonds. The first kappa shape index (κ1) is 15.4.